The van der Waals surface area contributed by atoms with Gasteiger partial charge in [-0.25, -0.2) is 0 Å². The molecule has 2 unspecified atom stereocenters. The zero-order valence-electron chi connectivity index (χ0n) is 11.4. The summed E-state index contributed by atoms with van der Waals surface area (Å²) < 4.78 is 10.8. The number of benzene rings is 1. The number of aliphatic carboxylic acids is 1. The average molecular weight is 288 g/mol. The van der Waals surface area contributed by atoms with Crippen molar-refractivity contribution in [2.24, 2.45) is 5.92 Å². The van der Waals surface area contributed by atoms with Crippen molar-refractivity contribution in [3.05, 3.63) is 42.0 Å². The van der Waals surface area contributed by atoms with E-state index in [9.17, 15) is 9.90 Å². The maximum Gasteiger partial charge on any atom is 0.307 e. The summed E-state index contributed by atoms with van der Waals surface area (Å²) in [6, 6.07) is 9.36. The van der Waals surface area contributed by atoms with Gasteiger partial charge in [0.05, 0.1) is 11.8 Å². The molecule has 0 aliphatic heterocycles. The monoisotopic (exact) mass is 288 g/mol. The van der Waals surface area contributed by atoms with Gasteiger partial charge in [0.25, 0.3) is 0 Å². The molecule has 6 heteroatoms. The van der Waals surface area contributed by atoms with Crippen LogP contribution in [-0.4, -0.2) is 21.2 Å². The van der Waals surface area contributed by atoms with Crippen molar-refractivity contribution >= 4 is 5.97 Å². The van der Waals surface area contributed by atoms with E-state index in [1.807, 2.05) is 30.3 Å². The van der Waals surface area contributed by atoms with Gasteiger partial charge in [-0.15, -0.1) is 0 Å². The smallest absolute Gasteiger partial charge is 0.307 e. The SMILES string of the molecule is O=C(O)C1CCCC1c1nc(COc2ccccc2)no1. The van der Waals surface area contributed by atoms with E-state index in [-0.39, 0.29) is 12.5 Å². The summed E-state index contributed by atoms with van der Waals surface area (Å²) >= 11 is 0. The number of carboxylic acids is 1. The van der Waals surface area contributed by atoms with E-state index in [0.29, 0.717) is 18.1 Å². The van der Waals surface area contributed by atoms with Gasteiger partial charge < -0.3 is 14.4 Å². The Balaban J connectivity index is 1.65. The lowest BCUT2D eigenvalue weighted by Gasteiger charge is -2.10. The van der Waals surface area contributed by atoms with Crippen LogP contribution in [-0.2, 0) is 11.4 Å². The summed E-state index contributed by atoms with van der Waals surface area (Å²) in [5.74, 6) is 0.177. The van der Waals surface area contributed by atoms with Crippen molar-refractivity contribution in [1.29, 1.82) is 0 Å². The number of hydrogen-bond acceptors (Lipinski definition) is 5. The van der Waals surface area contributed by atoms with E-state index < -0.39 is 11.9 Å². The molecule has 1 heterocycles. The normalized spacial score (nSPS) is 21.3. The minimum atomic E-state index is -0.794. The Morgan fingerprint density at radius 3 is 2.90 bits per heavy atom. The molecule has 3 rings (SSSR count). The summed E-state index contributed by atoms with van der Waals surface area (Å²) in [4.78, 5) is 15.5. The fourth-order valence-corrected chi connectivity index (χ4v) is 2.69. The molecule has 1 aromatic carbocycles. The number of para-hydroxylation sites is 1. The molecule has 0 saturated heterocycles. The minimum absolute atomic E-state index is 0.180. The Kier molecular flexibility index (Phi) is 3.85. The molecule has 1 N–H and O–H groups in total. The van der Waals surface area contributed by atoms with Crippen LogP contribution >= 0.6 is 0 Å². The average Bonchev–Trinajstić information content (AvgIpc) is 3.15. The number of hydrogen-bond donors (Lipinski definition) is 1. The van der Waals surface area contributed by atoms with E-state index >= 15 is 0 Å². The number of nitrogens with zero attached hydrogens (tertiary/aromatic N) is 2. The van der Waals surface area contributed by atoms with Gasteiger partial charge >= 0.3 is 5.97 Å². The van der Waals surface area contributed by atoms with Crippen LogP contribution in [0.1, 0.15) is 36.9 Å². The number of carbonyl (C=O) groups is 1. The van der Waals surface area contributed by atoms with Crippen molar-refractivity contribution in [1.82, 2.24) is 10.1 Å². The van der Waals surface area contributed by atoms with Crippen LogP contribution < -0.4 is 4.74 Å². The van der Waals surface area contributed by atoms with Gasteiger partial charge in [-0.2, -0.15) is 4.98 Å². The molecule has 2 atom stereocenters. The predicted octanol–water partition coefficient (Wildman–Crippen LogP) is 2.62. The van der Waals surface area contributed by atoms with Crippen LogP contribution in [0.3, 0.4) is 0 Å². The lowest BCUT2D eigenvalue weighted by molar-refractivity contribution is -0.142. The first-order valence-electron chi connectivity index (χ1n) is 6.97. The summed E-state index contributed by atoms with van der Waals surface area (Å²) in [6.45, 7) is 0.206. The lowest BCUT2D eigenvalue weighted by Crippen LogP contribution is -2.17. The first-order chi connectivity index (χ1) is 10.2. The van der Waals surface area contributed by atoms with E-state index in [2.05, 4.69) is 10.1 Å². The standard InChI is InChI=1S/C15H16N2O4/c18-15(19)12-8-4-7-11(12)14-16-13(17-21-14)9-20-10-5-2-1-3-6-10/h1-3,5-6,11-12H,4,7-9H2,(H,18,19). The van der Waals surface area contributed by atoms with Crippen LogP contribution in [0.25, 0.3) is 0 Å². The molecule has 0 spiro atoms. The third-order valence-corrected chi connectivity index (χ3v) is 3.75. The zero-order valence-corrected chi connectivity index (χ0v) is 11.4. The molecule has 110 valence electrons. The maximum absolute atomic E-state index is 11.2. The number of ether oxygens (including phenoxy) is 1. The zero-order chi connectivity index (χ0) is 14.7. The van der Waals surface area contributed by atoms with E-state index in [1.165, 1.54) is 0 Å². The quantitative estimate of drug-likeness (QED) is 0.910. The minimum Gasteiger partial charge on any atom is -0.485 e. The molecule has 1 saturated carbocycles. The molecular formula is C15H16N2O4. The van der Waals surface area contributed by atoms with Gasteiger partial charge in [-0.3, -0.25) is 4.79 Å². The Morgan fingerprint density at radius 1 is 1.33 bits per heavy atom. The molecule has 0 bridgehead atoms. The van der Waals surface area contributed by atoms with Gasteiger partial charge in [0, 0.05) is 0 Å². The Bertz CT molecular complexity index is 611. The third-order valence-electron chi connectivity index (χ3n) is 3.75. The molecule has 1 aliphatic carbocycles. The van der Waals surface area contributed by atoms with Crippen LogP contribution in [0.4, 0.5) is 0 Å². The van der Waals surface area contributed by atoms with Gasteiger partial charge in [0.2, 0.25) is 11.7 Å². The molecule has 6 nitrogen and oxygen atoms in total. The highest BCUT2D eigenvalue weighted by atomic mass is 16.5. The molecular weight excluding hydrogens is 272 g/mol. The fourth-order valence-electron chi connectivity index (χ4n) is 2.69. The summed E-state index contributed by atoms with van der Waals surface area (Å²) in [5.41, 5.74) is 0. The largest absolute Gasteiger partial charge is 0.485 e. The lowest BCUT2D eigenvalue weighted by atomic mass is 9.96. The third kappa shape index (κ3) is 3.04. The Labute approximate surface area is 121 Å². The van der Waals surface area contributed by atoms with Crippen LogP contribution in [0, 0.1) is 5.92 Å². The van der Waals surface area contributed by atoms with Crippen LogP contribution in [0.5, 0.6) is 5.75 Å². The van der Waals surface area contributed by atoms with E-state index in [0.717, 1.165) is 18.6 Å². The predicted molar refractivity (Wildman–Crippen MR) is 72.8 cm³/mol. The number of carboxylic acid groups (broad SMARTS) is 1. The Hall–Kier alpha value is -2.37. The highest BCUT2D eigenvalue weighted by molar-refractivity contribution is 5.71. The Morgan fingerprint density at radius 2 is 2.14 bits per heavy atom. The topological polar surface area (TPSA) is 85.5 Å². The van der Waals surface area contributed by atoms with Crippen LogP contribution in [0.15, 0.2) is 34.9 Å². The second-order valence-corrected chi connectivity index (χ2v) is 5.13. The molecule has 1 aliphatic rings. The highest BCUT2D eigenvalue weighted by Gasteiger charge is 2.37. The first-order valence-corrected chi connectivity index (χ1v) is 6.97. The van der Waals surface area contributed by atoms with Crippen molar-refractivity contribution in [3.63, 3.8) is 0 Å². The second-order valence-electron chi connectivity index (χ2n) is 5.13. The summed E-state index contributed by atoms with van der Waals surface area (Å²) in [5, 5.41) is 13.1. The number of aromatic nitrogens is 2. The van der Waals surface area contributed by atoms with Gasteiger partial charge in [0.1, 0.15) is 5.75 Å². The van der Waals surface area contributed by atoms with E-state index in [4.69, 9.17) is 9.26 Å². The summed E-state index contributed by atoms with van der Waals surface area (Å²) in [7, 11) is 0. The highest BCUT2D eigenvalue weighted by Crippen LogP contribution is 2.38. The molecule has 1 fully saturated rings. The van der Waals surface area contributed by atoms with Crippen molar-refractivity contribution in [3.8, 4) is 5.75 Å². The molecule has 2 aromatic rings. The maximum atomic E-state index is 11.2. The molecule has 0 amide bonds. The second kappa shape index (κ2) is 5.95. The first kappa shape index (κ1) is 13.6. The van der Waals surface area contributed by atoms with Crippen LogP contribution in [0.2, 0.25) is 0 Å². The van der Waals surface area contributed by atoms with Crippen molar-refractivity contribution in [2.75, 3.05) is 0 Å². The van der Waals surface area contributed by atoms with Crippen molar-refractivity contribution in [2.45, 2.75) is 31.8 Å². The van der Waals surface area contributed by atoms with Gasteiger partial charge in [-0.05, 0) is 25.0 Å². The fraction of sp³-hybridized carbons (Fsp3) is 0.400. The molecule has 0 radical (unpaired) electrons. The molecule has 1 aromatic heterocycles. The van der Waals surface area contributed by atoms with E-state index in [1.54, 1.807) is 0 Å². The van der Waals surface area contributed by atoms with Crippen molar-refractivity contribution < 1.29 is 19.2 Å². The summed E-state index contributed by atoms with van der Waals surface area (Å²) in [6.07, 6.45) is 2.32. The number of rotatable bonds is 5. The van der Waals surface area contributed by atoms with Gasteiger partial charge in [-0.1, -0.05) is 29.8 Å². The molecule has 21 heavy (non-hydrogen) atoms. The van der Waals surface area contributed by atoms with Gasteiger partial charge in [0.15, 0.2) is 6.61 Å².